The molecule has 7 heteroatoms. The number of hydrogen-bond acceptors (Lipinski definition) is 5. The number of hydrogen-bond donors (Lipinski definition) is 0. The lowest BCUT2D eigenvalue weighted by atomic mass is 10.1. The molecule has 2 aliphatic rings. The van der Waals surface area contributed by atoms with Crippen LogP contribution in [0, 0.1) is 5.92 Å². The number of carbonyl (C=O) groups is 1. The van der Waals surface area contributed by atoms with Crippen molar-refractivity contribution in [3.8, 4) is 0 Å². The van der Waals surface area contributed by atoms with E-state index in [9.17, 15) is 13.2 Å². The van der Waals surface area contributed by atoms with Crippen LogP contribution >= 0.6 is 0 Å². The van der Waals surface area contributed by atoms with Gasteiger partial charge >= 0.3 is 0 Å². The van der Waals surface area contributed by atoms with Gasteiger partial charge in [-0.1, -0.05) is 6.07 Å². The molecule has 3 heterocycles. The molecule has 2 atom stereocenters. The molecule has 2 aliphatic heterocycles. The predicted octanol–water partition coefficient (Wildman–Crippen LogP) is 0.549. The van der Waals surface area contributed by atoms with Crippen molar-refractivity contribution in [1.82, 2.24) is 14.8 Å². The van der Waals surface area contributed by atoms with E-state index >= 15 is 0 Å². The zero-order valence-corrected chi connectivity index (χ0v) is 14.2. The number of nitrogens with zero attached hydrogens (tertiary/aromatic N) is 3. The second-order valence-electron chi connectivity index (χ2n) is 6.63. The average molecular weight is 337 g/mol. The molecule has 126 valence electrons. The Bertz CT molecular complexity index is 662. The van der Waals surface area contributed by atoms with E-state index in [4.69, 9.17) is 0 Å². The highest BCUT2D eigenvalue weighted by Gasteiger charge is 2.42. The van der Waals surface area contributed by atoms with Gasteiger partial charge in [0.25, 0.3) is 0 Å². The molecular formula is C16H23N3O3S. The number of fused-ring (bicyclic) bond motifs is 1. The maximum Gasteiger partial charge on any atom is 0.223 e. The second-order valence-corrected chi connectivity index (χ2v) is 8.89. The first-order chi connectivity index (χ1) is 10.9. The van der Waals surface area contributed by atoms with Gasteiger partial charge in [-0.05, 0) is 30.5 Å². The molecule has 2 saturated heterocycles. The molecule has 1 aromatic heterocycles. The Kier molecular flexibility index (Phi) is 4.68. The summed E-state index contributed by atoms with van der Waals surface area (Å²) < 4.78 is 22.4. The Morgan fingerprint density at radius 3 is 2.91 bits per heavy atom. The molecule has 0 bridgehead atoms. The minimum atomic E-state index is -3.08. The molecule has 0 radical (unpaired) electrons. The molecule has 6 nitrogen and oxygen atoms in total. The van der Waals surface area contributed by atoms with Gasteiger partial charge in [-0.25, -0.2) is 8.42 Å². The molecule has 0 saturated carbocycles. The zero-order valence-electron chi connectivity index (χ0n) is 13.4. The standard InChI is InChI=1S/C16H23N3O3S/c1-23(21,22)8-5-16(20)19-11-14-4-7-18(15(14)12-19)10-13-3-2-6-17-9-13/h2-3,6,9,14-15H,4-5,7-8,10-12H2,1H3/t14-,15+/m0/s1. The Morgan fingerprint density at radius 1 is 1.39 bits per heavy atom. The molecule has 0 aliphatic carbocycles. The Labute approximate surface area is 137 Å². The molecule has 2 fully saturated rings. The largest absolute Gasteiger partial charge is 0.341 e. The van der Waals surface area contributed by atoms with E-state index in [-0.39, 0.29) is 18.1 Å². The fourth-order valence-corrected chi connectivity index (χ4v) is 4.15. The molecule has 1 amide bonds. The summed E-state index contributed by atoms with van der Waals surface area (Å²) in [6.45, 7) is 3.39. The molecule has 0 N–H and O–H groups in total. The lowest BCUT2D eigenvalue weighted by Gasteiger charge is -2.24. The van der Waals surface area contributed by atoms with Crippen LogP contribution in [0.25, 0.3) is 0 Å². The molecule has 1 aromatic rings. The van der Waals surface area contributed by atoms with E-state index in [2.05, 4.69) is 16.0 Å². The maximum absolute atomic E-state index is 12.2. The van der Waals surface area contributed by atoms with Crippen LogP contribution < -0.4 is 0 Å². The van der Waals surface area contributed by atoms with Crippen molar-refractivity contribution in [1.29, 1.82) is 0 Å². The van der Waals surface area contributed by atoms with Gasteiger partial charge in [-0.3, -0.25) is 14.7 Å². The summed E-state index contributed by atoms with van der Waals surface area (Å²) in [5.41, 5.74) is 1.19. The summed E-state index contributed by atoms with van der Waals surface area (Å²) in [5, 5.41) is 0. The smallest absolute Gasteiger partial charge is 0.223 e. The first-order valence-corrected chi connectivity index (χ1v) is 10.1. The van der Waals surface area contributed by atoms with Crippen molar-refractivity contribution in [3.05, 3.63) is 30.1 Å². The monoisotopic (exact) mass is 337 g/mol. The SMILES string of the molecule is CS(=O)(=O)CCC(=O)N1C[C@@H]2CCN(Cc3cccnc3)[C@@H]2C1. The number of rotatable bonds is 5. The van der Waals surface area contributed by atoms with E-state index in [1.54, 1.807) is 6.20 Å². The highest BCUT2D eigenvalue weighted by Crippen LogP contribution is 2.32. The average Bonchev–Trinajstić information content (AvgIpc) is 3.07. The van der Waals surface area contributed by atoms with E-state index < -0.39 is 9.84 Å². The third-order valence-electron chi connectivity index (χ3n) is 4.81. The van der Waals surface area contributed by atoms with E-state index in [1.807, 2.05) is 17.2 Å². The van der Waals surface area contributed by atoms with Crippen LogP contribution in [0.2, 0.25) is 0 Å². The van der Waals surface area contributed by atoms with Crippen LogP contribution in [-0.4, -0.2) is 66.8 Å². The minimum absolute atomic E-state index is 0.0360. The van der Waals surface area contributed by atoms with E-state index in [0.29, 0.717) is 18.5 Å². The van der Waals surface area contributed by atoms with Crippen LogP contribution in [-0.2, 0) is 21.2 Å². The van der Waals surface area contributed by atoms with Crippen LogP contribution in [0.5, 0.6) is 0 Å². The summed E-state index contributed by atoms with van der Waals surface area (Å²) in [7, 11) is -3.08. The highest BCUT2D eigenvalue weighted by molar-refractivity contribution is 7.90. The van der Waals surface area contributed by atoms with Gasteiger partial charge < -0.3 is 4.90 Å². The number of amides is 1. The number of carbonyl (C=O) groups excluding carboxylic acids is 1. The van der Waals surface area contributed by atoms with Gasteiger partial charge in [0.1, 0.15) is 9.84 Å². The Balaban J connectivity index is 1.57. The third kappa shape index (κ3) is 4.09. The lowest BCUT2D eigenvalue weighted by Crippen LogP contribution is -2.37. The highest BCUT2D eigenvalue weighted by atomic mass is 32.2. The second kappa shape index (κ2) is 6.57. The van der Waals surface area contributed by atoms with Gasteiger partial charge in [0.2, 0.25) is 5.91 Å². The van der Waals surface area contributed by atoms with Crippen molar-refractivity contribution < 1.29 is 13.2 Å². The maximum atomic E-state index is 12.2. The molecule has 0 aromatic carbocycles. The van der Waals surface area contributed by atoms with Gasteiger partial charge in [0.05, 0.1) is 5.75 Å². The predicted molar refractivity (Wildman–Crippen MR) is 87.4 cm³/mol. The summed E-state index contributed by atoms with van der Waals surface area (Å²) in [4.78, 5) is 20.6. The quantitative estimate of drug-likeness (QED) is 0.785. The normalized spacial score (nSPS) is 24.8. The summed E-state index contributed by atoms with van der Waals surface area (Å²) in [6, 6.07) is 4.40. The summed E-state index contributed by atoms with van der Waals surface area (Å²) in [6.07, 6.45) is 6.03. The van der Waals surface area contributed by atoms with Crippen LogP contribution in [0.4, 0.5) is 0 Å². The minimum Gasteiger partial charge on any atom is -0.341 e. The Morgan fingerprint density at radius 2 is 2.22 bits per heavy atom. The Hall–Kier alpha value is -1.47. The van der Waals surface area contributed by atoms with Gasteiger partial charge in [0.15, 0.2) is 0 Å². The van der Waals surface area contributed by atoms with E-state index in [1.165, 1.54) is 11.8 Å². The summed E-state index contributed by atoms with van der Waals surface area (Å²) >= 11 is 0. The van der Waals surface area contributed by atoms with Crippen LogP contribution in [0.1, 0.15) is 18.4 Å². The molecule has 0 unspecified atom stereocenters. The van der Waals surface area contributed by atoms with Gasteiger partial charge in [-0.15, -0.1) is 0 Å². The number of likely N-dealkylation sites (tertiary alicyclic amines) is 2. The van der Waals surface area contributed by atoms with Crippen molar-refractivity contribution in [2.24, 2.45) is 5.92 Å². The fraction of sp³-hybridized carbons (Fsp3) is 0.625. The van der Waals surface area contributed by atoms with Crippen molar-refractivity contribution in [2.45, 2.75) is 25.4 Å². The van der Waals surface area contributed by atoms with Crippen LogP contribution in [0.3, 0.4) is 0 Å². The summed E-state index contributed by atoms with van der Waals surface area (Å²) in [5.74, 6) is 0.414. The topological polar surface area (TPSA) is 70.6 Å². The lowest BCUT2D eigenvalue weighted by molar-refractivity contribution is -0.130. The third-order valence-corrected chi connectivity index (χ3v) is 5.76. The first kappa shape index (κ1) is 16.4. The van der Waals surface area contributed by atoms with Crippen LogP contribution in [0.15, 0.2) is 24.5 Å². The molecule has 23 heavy (non-hydrogen) atoms. The van der Waals surface area contributed by atoms with Crippen molar-refractivity contribution in [3.63, 3.8) is 0 Å². The first-order valence-electron chi connectivity index (χ1n) is 8.01. The van der Waals surface area contributed by atoms with Crippen molar-refractivity contribution >= 4 is 15.7 Å². The number of aromatic nitrogens is 1. The number of pyridine rings is 1. The molecule has 3 rings (SSSR count). The molecule has 0 spiro atoms. The number of sulfone groups is 1. The molecular weight excluding hydrogens is 314 g/mol. The van der Waals surface area contributed by atoms with Gasteiger partial charge in [-0.2, -0.15) is 0 Å². The van der Waals surface area contributed by atoms with E-state index in [0.717, 1.165) is 26.1 Å². The fourth-order valence-electron chi connectivity index (χ4n) is 3.61. The van der Waals surface area contributed by atoms with Crippen molar-refractivity contribution in [2.75, 3.05) is 31.6 Å². The zero-order chi connectivity index (χ0) is 16.4. The van der Waals surface area contributed by atoms with Gasteiger partial charge in [0, 0.05) is 50.7 Å².